The Labute approximate surface area is 153 Å². The van der Waals surface area contributed by atoms with Crippen LogP contribution in [0.1, 0.15) is 6.42 Å². The van der Waals surface area contributed by atoms with E-state index in [1.807, 2.05) is 6.26 Å². The molecule has 0 bridgehead atoms. The molecule has 0 aliphatic rings. The number of rotatable bonds is 7. The van der Waals surface area contributed by atoms with Crippen LogP contribution in [0.3, 0.4) is 0 Å². The van der Waals surface area contributed by atoms with Gasteiger partial charge in [-0.25, -0.2) is 12.8 Å². The van der Waals surface area contributed by atoms with Gasteiger partial charge in [-0.15, -0.1) is 11.3 Å². The Morgan fingerprint density at radius 3 is 2.76 bits per heavy atom. The van der Waals surface area contributed by atoms with Crippen molar-refractivity contribution >= 4 is 39.0 Å². The molecule has 0 fully saturated rings. The fourth-order valence-electron chi connectivity index (χ4n) is 1.99. The van der Waals surface area contributed by atoms with Crippen LogP contribution >= 0.6 is 23.1 Å². The number of benzene rings is 1. The van der Waals surface area contributed by atoms with Crippen LogP contribution in [0.25, 0.3) is 0 Å². The van der Waals surface area contributed by atoms with Gasteiger partial charge in [-0.05, 0) is 30.6 Å². The Morgan fingerprint density at radius 2 is 2.16 bits per heavy atom. The summed E-state index contributed by atoms with van der Waals surface area (Å²) in [5, 5.41) is 1.77. The van der Waals surface area contributed by atoms with Gasteiger partial charge in [0.2, 0.25) is 10.0 Å². The van der Waals surface area contributed by atoms with E-state index in [0.29, 0.717) is 10.6 Å². The maximum Gasteiger partial charge on any atom is 0.266 e. The molecule has 2 aromatic rings. The van der Waals surface area contributed by atoms with Crippen molar-refractivity contribution in [1.29, 1.82) is 0 Å². The van der Waals surface area contributed by atoms with E-state index in [1.165, 1.54) is 35.2 Å². The smallest absolute Gasteiger partial charge is 0.266 e. The monoisotopic (exact) mass is 403 g/mol. The molecule has 1 N–H and O–H groups in total. The van der Waals surface area contributed by atoms with Crippen LogP contribution in [-0.4, -0.2) is 36.9 Å². The third-order valence-electron chi connectivity index (χ3n) is 3.30. The lowest BCUT2D eigenvalue weighted by Crippen LogP contribution is -2.41. The van der Waals surface area contributed by atoms with E-state index in [9.17, 15) is 17.6 Å². The fourth-order valence-corrected chi connectivity index (χ4v) is 4.50. The number of thioether (sulfide) groups is 1. The molecule has 1 atom stereocenters. The molecule has 1 amide bonds. The van der Waals surface area contributed by atoms with Gasteiger partial charge in [0.25, 0.3) is 5.91 Å². The number of halogens is 1. The normalized spacial score (nSPS) is 13.8. The van der Waals surface area contributed by atoms with Crippen LogP contribution in [0.4, 0.5) is 4.39 Å². The second kappa shape index (κ2) is 8.75. The SMILES string of the molecule is CSCCC(NS(=O)(=O)c1ccccc1F)C(=O)N=c1sccn1C. The molecule has 1 unspecified atom stereocenters. The predicted octanol–water partition coefficient (Wildman–Crippen LogP) is 1.75. The molecular formula is C15H18FN3O3S3. The maximum atomic E-state index is 13.8. The maximum absolute atomic E-state index is 13.8. The zero-order valence-corrected chi connectivity index (χ0v) is 16.1. The number of carbonyl (C=O) groups excluding carboxylic acids is 1. The highest BCUT2D eigenvalue weighted by Gasteiger charge is 2.27. The third-order valence-corrected chi connectivity index (χ3v) is 6.29. The average Bonchev–Trinajstić information content (AvgIpc) is 2.96. The van der Waals surface area contributed by atoms with E-state index < -0.39 is 32.7 Å². The predicted molar refractivity (Wildman–Crippen MR) is 97.4 cm³/mol. The van der Waals surface area contributed by atoms with Gasteiger partial charge in [0.05, 0.1) is 0 Å². The van der Waals surface area contributed by atoms with Crippen LogP contribution in [0.2, 0.25) is 0 Å². The number of amides is 1. The van der Waals surface area contributed by atoms with Gasteiger partial charge in [0, 0.05) is 18.6 Å². The summed E-state index contributed by atoms with van der Waals surface area (Å²) < 4.78 is 42.7. The fraction of sp³-hybridized carbons (Fsp3) is 0.333. The summed E-state index contributed by atoms with van der Waals surface area (Å²) in [6.45, 7) is 0. The van der Waals surface area contributed by atoms with Crippen LogP contribution in [0, 0.1) is 5.82 Å². The zero-order valence-electron chi connectivity index (χ0n) is 13.7. The van der Waals surface area contributed by atoms with E-state index in [0.717, 1.165) is 12.1 Å². The van der Waals surface area contributed by atoms with E-state index in [-0.39, 0.29) is 6.42 Å². The highest BCUT2D eigenvalue weighted by Crippen LogP contribution is 2.15. The first-order chi connectivity index (χ1) is 11.8. The minimum Gasteiger partial charge on any atom is -0.327 e. The highest BCUT2D eigenvalue weighted by atomic mass is 32.2. The molecule has 10 heteroatoms. The van der Waals surface area contributed by atoms with Crippen molar-refractivity contribution in [1.82, 2.24) is 9.29 Å². The largest absolute Gasteiger partial charge is 0.327 e. The Balaban J connectivity index is 2.30. The van der Waals surface area contributed by atoms with Crippen LogP contribution in [-0.2, 0) is 21.9 Å². The van der Waals surface area contributed by atoms with E-state index in [1.54, 1.807) is 23.2 Å². The minimum absolute atomic E-state index is 0.256. The standard InChI is InChI=1S/C15H18FN3O3S3/c1-19-8-10-24-15(19)17-14(20)12(7-9-23-2)18-25(21,22)13-6-4-3-5-11(13)16/h3-6,8,10,12,18H,7,9H2,1-2H3. The lowest BCUT2D eigenvalue weighted by atomic mass is 10.2. The minimum atomic E-state index is -4.17. The van der Waals surface area contributed by atoms with Crippen LogP contribution < -0.4 is 9.52 Å². The number of nitrogens with zero attached hydrogens (tertiary/aromatic N) is 2. The second-order valence-electron chi connectivity index (χ2n) is 5.13. The van der Waals surface area contributed by atoms with Gasteiger partial charge in [-0.1, -0.05) is 12.1 Å². The molecule has 0 aliphatic heterocycles. The molecule has 1 heterocycles. The van der Waals surface area contributed by atoms with Crippen molar-refractivity contribution < 1.29 is 17.6 Å². The van der Waals surface area contributed by atoms with Gasteiger partial charge < -0.3 is 4.57 Å². The molecule has 0 saturated carbocycles. The van der Waals surface area contributed by atoms with E-state index in [2.05, 4.69) is 9.71 Å². The number of aryl methyl sites for hydroxylation is 1. The van der Waals surface area contributed by atoms with Crippen molar-refractivity contribution in [2.45, 2.75) is 17.4 Å². The van der Waals surface area contributed by atoms with Gasteiger partial charge in [0.15, 0.2) is 4.80 Å². The number of carbonyl (C=O) groups is 1. The topological polar surface area (TPSA) is 80.5 Å². The van der Waals surface area contributed by atoms with Gasteiger partial charge in [-0.3, -0.25) is 4.79 Å². The molecule has 2 rings (SSSR count). The van der Waals surface area contributed by atoms with Crippen LogP contribution in [0.15, 0.2) is 45.7 Å². The Hall–Kier alpha value is -1.49. The summed E-state index contributed by atoms with van der Waals surface area (Å²) in [4.78, 5) is 16.4. The average molecular weight is 404 g/mol. The molecule has 1 aromatic carbocycles. The lowest BCUT2D eigenvalue weighted by molar-refractivity contribution is -0.119. The summed E-state index contributed by atoms with van der Waals surface area (Å²) in [6.07, 6.45) is 3.85. The van der Waals surface area contributed by atoms with Crippen molar-refractivity contribution in [2.75, 3.05) is 12.0 Å². The van der Waals surface area contributed by atoms with E-state index >= 15 is 0 Å². The van der Waals surface area contributed by atoms with Crippen molar-refractivity contribution in [3.63, 3.8) is 0 Å². The molecule has 0 aliphatic carbocycles. The second-order valence-corrected chi connectivity index (χ2v) is 8.67. The number of hydrogen-bond donors (Lipinski definition) is 1. The lowest BCUT2D eigenvalue weighted by Gasteiger charge is -2.15. The molecule has 25 heavy (non-hydrogen) atoms. The zero-order chi connectivity index (χ0) is 18.4. The summed E-state index contributed by atoms with van der Waals surface area (Å²) in [7, 11) is -2.43. The Kier molecular flexibility index (Phi) is 6.94. The molecule has 0 spiro atoms. The Morgan fingerprint density at radius 1 is 1.44 bits per heavy atom. The number of sulfonamides is 1. The first-order valence-electron chi connectivity index (χ1n) is 7.29. The van der Waals surface area contributed by atoms with Gasteiger partial charge in [0.1, 0.15) is 16.8 Å². The quantitative estimate of drug-likeness (QED) is 0.764. The molecular weight excluding hydrogens is 385 g/mol. The number of thiazole rings is 1. The summed E-state index contributed by atoms with van der Waals surface area (Å²) in [6, 6.07) is 3.98. The summed E-state index contributed by atoms with van der Waals surface area (Å²) in [5.74, 6) is -0.915. The highest BCUT2D eigenvalue weighted by molar-refractivity contribution is 7.98. The van der Waals surface area contributed by atoms with Crippen LogP contribution in [0.5, 0.6) is 0 Å². The first kappa shape index (κ1) is 19.8. The molecule has 0 radical (unpaired) electrons. The first-order valence-corrected chi connectivity index (χ1v) is 11.1. The third kappa shape index (κ3) is 5.24. The molecule has 6 nitrogen and oxygen atoms in total. The number of nitrogens with one attached hydrogen (secondary N) is 1. The Bertz CT molecular complexity index is 906. The van der Waals surface area contributed by atoms with Gasteiger partial charge in [-0.2, -0.15) is 21.5 Å². The summed E-state index contributed by atoms with van der Waals surface area (Å²) >= 11 is 2.75. The van der Waals surface area contributed by atoms with Crippen molar-refractivity contribution in [3.8, 4) is 0 Å². The molecule has 136 valence electrons. The van der Waals surface area contributed by atoms with Crippen molar-refractivity contribution in [2.24, 2.45) is 12.0 Å². The molecule has 0 saturated heterocycles. The van der Waals surface area contributed by atoms with Crippen molar-refractivity contribution in [3.05, 3.63) is 46.5 Å². The number of aromatic nitrogens is 1. The van der Waals surface area contributed by atoms with Gasteiger partial charge >= 0.3 is 0 Å². The number of hydrogen-bond acceptors (Lipinski definition) is 5. The van der Waals surface area contributed by atoms with E-state index in [4.69, 9.17) is 0 Å². The summed E-state index contributed by atoms with van der Waals surface area (Å²) in [5.41, 5.74) is 0. The molecule has 1 aromatic heterocycles.